The minimum atomic E-state index is -0.250. The van der Waals surface area contributed by atoms with E-state index in [2.05, 4.69) is 16.9 Å². The summed E-state index contributed by atoms with van der Waals surface area (Å²) < 4.78 is 14.4. The van der Waals surface area contributed by atoms with Gasteiger partial charge in [0.15, 0.2) is 5.78 Å². The van der Waals surface area contributed by atoms with E-state index >= 15 is 0 Å². The van der Waals surface area contributed by atoms with Crippen LogP contribution in [-0.2, 0) is 11.2 Å². The second-order valence-corrected chi connectivity index (χ2v) is 9.07. The molecule has 1 aliphatic heterocycles. The molecule has 1 aromatic heterocycles. The van der Waals surface area contributed by atoms with Crippen LogP contribution in [0.15, 0.2) is 53.2 Å². The SMILES string of the molecule is CN1CC2(CCC(=O)C3=C2CC2=C3CCc3cnc(-c4ccccc4F)cc32)C1. The average molecular weight is 386 g/mol. The lowest BCUT2D eigenvalue weighted by Crippen LogP contribution is -2.56. The Kier molecular flexibility index (Phi) is 3.55. The number of likely N-dealkylation sites (tertiary alicyclic amines) is 1. The molecular weight excluding hydrogens is 363 g/mol. The molecule has 1 aromatic carbocycles. The van der Waals surface area contributed by atoms with Crippen molar-refractivity contribution in [2.45, 2.75) is 32.1 Å². The quantitative estimate of drug-likeness (QED) is 0.719. The van der Waals surface area contributed by atoms with Gasteiger partial charge in [0.1, 0.15) is 5.82 Å². The van der Waals surface area contributed by atoms with E-state index < -0.39 is 0 Å². The first-order valence-corrected chi connectivity index (χ1v) is 10.5. The monoisotopic (exact) mass is 386 g/mol. The van der Waals surface area contributed by atoms with Gasteiger partial charge in [-0.2, -0.15) is 0 Å². The van der Waals surface area contributed by atoms with Crippen LogP contribution >= 0.6 is 0 Å². The molecule has 3 nitrogen and oxygen atoms in total. The van der Waals surface area contributed by atoms with Crippen molar-refractivity contribution in [1.29, 1.82) is 0 Å². The predicted molar refractivity (Wildman–Crippen MR) is 111 cm³/mol. The van der Waals surface area contributed by atoms with Gasteiger partial charge < -0.3 is 4.90 Å². The lowest BCUT2D eigenvalue weighted by Gasteiger charge is -2.52. The first-order chi connectivity index (χ1) is 14.1. The Morgan fingerprint density at radius 2 is 1.90 bits per heavy atom. The zero-order chi connectivity index (χ0) is 19.8. The molecule has 6 rings (SSSR count). The molecule has 0 saturated carbocycles. The number of nitrogens with zero attached hydrogens (tertiary/aromatic N) is 2. The first-order valence-electron chi connectivity index (χ1n) is 10.5. The molecule has 3 aliphatic carbocycles. The van der Waals surface area contributed by atoms with Crippen molar-refractivity contribution in [3.05, 3.63) is 70.2 Å². The minimum absolute atomic E-state index is 0.191. The molecule has 1 saturated heterocycles. The lowest BCUT2D eigenvalue weighted by atomic mass is 9.64. The Morgan fingerprint density at radius 3 is 2.69 bits per heavy atom. The van der Waals surface area contributed by atoms with Crippen LogP contribution in [-0.4, -0.2) is 35.8 Å². The molecule has 1 fully saturated rings. The van der Waals surface area contributed by atoms with E-state index in [-0.39, 0.29) is 11.2 Å². The van der Waals surface area contributed by atoms with Crippen LogP contribution in [0.1, 0.15) is 36.8 Å². The van der Waals surface area contributed by atoms with Crippen LogP contribution in [0.3, 0.4) is 0 Å². The fourth-order valence-corrected chi connectivity index (χ4v) is 6.03. The summed E-state index contributed by atoms with van der Waals surface area (Å²) in [4.78, 5) is 19.8. The van der Waals surface area contributed by atoms with Crippen molar-refractivity contribution >= 4 is 11.4 Å². The second kappa shape index (κ2) is 5.96. The third kappa shape index (κ3) is 2.39. The number of hydrogen-bond acceptors (Lipinski definition) is 3. The number of hydrogen-bond donors (Lipinski definition) is 0. The molecule has 2 heterocycles. The summed E-state index contributed by atoms with van der Waals surface area (Å²) in [6.45, 7) is 2.12. The van der Waals surface area contributed by atoms with E-state index in [0.29, 0.717) is 23.5 Å². The third-order valence-corrected chi connectivity index (χ3v) is 7.32. The molecule has 4 heteroatoms. The molecule has 4 aliphatic rings. The average Bonchev–Trinajstić information content (AvgIpc) is 3.11. The van der Waals surface area contributed by atoms with Crippen LogP contribution in [0, 0.1) is 11.2 Å². The summed E-state index contributed by atoms with van der Waals surface area (Å²) in [5.74, 6) is 0.0810. The maximum atomic E-state index is 14.4. The van der Waals surface area contributed by atoms with Crippen molar-refractivity contribution in [3.63, 3.8) is 0 Å². The zero-order valence-electron chi connectivity index (χ0n) is 16.6. The smallest absolute Gasteiger partial charge is 0.163 e. The van der Waals surface area contributed by atoms with Crippen LogP contribution in [0.4, 0.5) is 4.39 Å². The normalized spacial score (nSPS) is 22.5. The molecule has 0 atom stereocenters. The molecular formula is C25H23FN2O. The third-order valence-electron chi connectivity index (χ3n) is 7.32. The highest BCUT2D eigenvalue weighted by Crippen LogP contribution is 2.56. The van der Waals surface area contributed by atoms with E-state index in [1.165, 1.54) is 33.9 Å². The first kappa shape index (κ1) is 17.3. The summed E-state index contributed by atoms with van der Waals surface area (Å²) in [6, 6.07) is 8.85. The fourth-order valence-electron chi connectivity index (χ4n) is 6.03. The standard InChI is InChI=1S/C25H23FN2O/c1-28-13-25(14-28)9-8-23(29)24-16-7-6-15-12-27-22(17-4-2-3-5-21(17)26)11-18(15)19(16)10-20(24)25/h2-5,11-12H,6-10,13-14H2,1H3. The number of pyridine rings is 1. The second-order valence-electron chi connectivity index (χ2n) is 9.07. The van der Waals surface area contributed by atoms with Gasteiger partial charge >= 0.3 is 0 Å². The molecule has 0 unspecified atom stereocenters. The van der Waals surface area contributed by atoms with Crippen molar-refractivity contribution < 1.29 is 9.18 Å². The largest absolute Gasteiger partial charge is 0.305 e. The molecule has 1 spiro atoms. The molecule has 0 N–H and O–H groups in total. The Balaban J connectivity index is 1.46. The summed E-state index contributed by atoms with van der Waals surface area (Å²) in [6.07, 6.45) is 6.26. The van der Waals surface area contributed by atoms with Crippen molar-refractivity contribution in [3.8, 4) is 11.3 Å². The number of aromatic nitrogens is 1. The number of halogens is 1. The number of rotatable bonds is 1. The van der Waals surface area contributed by atoms with E-state index in [9.17, 15) is 9.18 Å². The number of benzene rings is 1. The van der Waals surface area contributed by atoms with Gasteiger partial charge in [-0.25, -0.2) is 4.39 Å². The summed E-state index contributed by atoms with van der Waals surface area (Å²) in [5, 5.41) is 0. The Labute approximate surface area is 170 Å². The van der Waals surface area contributed by atoms with Gasteiger partial charge in [-0.05, 0) is 78.8 Å². The van der Waals surface area contributed by atoms with Crippen molar-refractivity contribution in [2.24, 2.45) is 5.41 Å². The molecule has 29 heavy (non-hydrogen) atoms. The number of allylic oxidation sites excluding steroid dienone is 3. The highest BCUT2D eigenvalue weighted by molar-refractivity contribution is 6.07. The maximum absolute atomic E-state index is 14.4. The Hall–Kier alpha value is -2.59. The zero-order valence-corrected chi connectivity index (χ0v) is 16.6. The van der Waals surface area contributed by atoms with Gasteiger partial charge in [0.2, 0.25) is 0 Å². The number of fused-ring (bicyclic) bond motifs is 4. The highest BCUT2D eigenvalue weighted by atomic mass is 19.1. The molecule has 0 radical (unpaired) electrons. The van der Waals surface area contributed by atoms with E-state index in [0.717, 1.165) is 44.3 Å². The van der Waals surface area contributed by atoms with Gasteiger partial charge in [-0.1, -0.05) is 12.1 Å². The Morgan fingerprint density at radius 1 is 1.07 bits per heavy atom. The molecule has 146 valence electrons. The number of Topliss-reactive ketones (excluding diaryl/α,β-unsaturated/α-hetero) is 1. The van der Waals surface area contributed by atoms with Crippen LogP contribution in [0.5, 0.6) is 0 Å². The predicted octanol–water partition coefficient (Wildman–Crippen LogP) is 4.58. The molecule has 2 aromatic rings. The number of aryl methyl sites for hydroxylation is 1. The topological polar surface area (TPSA) is 33.2 Å². The van der Waals surface area contributed by atoms with Crippen LogP contribution < -0.4 is 0 Å². The summed E-state index contributed by atoms with van der Waals surface area (Å²) >= 11 is 0. The van der Waals surface area contributed by atoms with Crippen LogP contribution in [0.2, 0.25) is 0 Å². The van der Waals surface area contributed by atoms with Gasteiger partial charge in [-0.15, -0.1) is 0 Å². The highest BCUT2D eigenvalue weighted by Gasteiger charge is 2.51. The van der Waals surface area contributed by atoms with Gasteiger partial charge in [0, 0.05) is 42.3 Å². The van der Waals surface area contributed by atoms with Gasteiger partial charge in [0.05, 0.1) is 5.69 Å². The van der Waals surface area contributed by atoms with Crippen molar-refractivity contribution in [2.75, 3.05) is 20.1 Å². The minimum Gasteiger partial charge on any atom is -0.305 e. The van der Waals surface area contributed by atoms with E-state index in [1.54, 1.807) is 12.1 Å². The van der Waals surface area contributed by atoms with Gasteiger partial charge in [-0.3, -0.25) is 9.78 Å². The fraction of sp³-hybridized carbons (Fsp3) is 0.360. The number of carbonyl (C=O) groups is 1. The lowest BCUT2D eigenvalue weighted by molar-refractivity contribution is -0.117. The van der Waals surface area contributed by atoms with E-state index in [1.807, 2.05) is 18.3 Å². The summed E-state index contributed by atoms with van der Waals surface area (Å²) in [7, 11) is 2.16. The number of ketones is 1. The number of carbonyl (C=O) groups excluding carboxylic acids is 1. The van der Waals surface area contributed by atoms with E-state index in [4.69, 9.17) is 0 Å². The van der Waals surface area contributed by atoms with Gasteiger partial charge in [0.25, 0.3) is 0 Å². The summed E-state index contributed by atoms with van der Waals surface area (Å²) in [5.41, 5.74) is 8.77. The maximum Gasteiger partial charge on any atom is 0.163 e. The van der Waals surface area contributed by atoms with Crippen molar-refractivity contribution in [1.82, 2.24) is 9.88 Å². The van der Waals surface area contributed by atoms with Crippen LogP contribution in [0.25, 0.3) is 16.8 Å². The molecule has 0 bridgehead atoms. The Bertz CT molecular complexity index is 1140. The molecule has 0 amide bonds.